The minimum atomic E-state index is -4.27. The second kappa shape index (κ2) is 16.3. The van der Waals surface area contributed by atoms with Gasteiger partial charge in [0.15, 0.2) is 0 Å². The molecule has 10 heteroatoms. The highest BCUT2D eigenvalue weighted by Gasteiger charge is 2.35. The summed E-state index contributed by atoms with van der Waals surface area (Å²) in [4.78, 5) is 30.2. The molecule has 0 aliphatic carbocycles. The van der Waals surface area contributed by atoms with Gasteiger partial charge in [-0.2, -0.15) is 0 Å². The summed E-state index contributed by atoms with van der Waals surface area (Å²) in [5, 5.41) is 3.01. The Morgan fingerprint density at radius 2 is 1.46 bits per heavy atom. The predicted molar refractivity (Wildman–Crippen MR) is 189 cm³/mol. The highest BCUT2D eigenvalue weighted by molar-refractivity contribution is 7.92. The van der Waals surface area contributed by atoms with Crippen LogP contribution < -0.4 is 19.1 Å². The van der Waals surface area contributed by atoms with Crippen molar-refractivity contribution in [3.8, 4) is 11.5 Å². The number of aryl methyl sites for hydroxylation is 2. The zero-order valence-corrected chi connectivity index (χ0v) is 29.3. The van der Waals surface area contributed by atoms with Crippen molar-refractivity contribution in [2.45, 2.75) is 51.6 Å². The van der Waals surface area contributed by atoms with E-state index in [1.165, 1.54) is 24.1 Å². The van der Waals surface area contributed by atoms with Crippen molar-refractivity contribution >= 4 is 27.5 Å². The highest BCUT2D eigenvalue weighted by Crippen LogP contribution is 2.34. The van der Waals surface area contributed by atoms with Gasteiger partial charge in [0.05, 0.1) is 24.8 Å². The largest absolute Gasteiger partial charge is 0.497 e. The number of benzene rings is 4. The van der Waals surface area contributed by atoms with Crippen LogP contribution >= 0.6 is 0 Å². The summed E-state index contributed by atoms with van der Waals surface area (Å²) in [7, 11) is -1.26. The minimum absolute atomic E-state index is 0.0271. The Morgan fingerprint density at radius 1 is 0.792 bits per heavy atom. The van der Waals surface area contributed by atoms with E-state index >= 15 is 0 Å². The molecule has 9 nitrogen and oxygen atoms in total. The smallest absolute Gasteiger partial charge is 0.264 e. The van der Waals surface area contributed by atoms with E-state index in [0.29, 0.717) is 18.0 Å². The molecule has 0 radical (unpaired) electrons. The van der Waals surface area contributed by atoms with Crippen LogP contribution in [0.5, 0.6) is 11.5 Å². The summed E-state index contributed by atoms with van der Waals surface area (Å²) in [6.07, 6.45) is 0.221. The average Bonchev–Trinajstić information content (AvgIpc) is 3.08. The molecule has 2 amide bonds. The first-order valence-corrected chi connectivity index (χ1v) is 17.3. The van der Waals surface area contributed by atoms with Gasteiger partial charge in [0.1, 0.15) is 24.1 Å². The number of carbonyl (C=O) groups is 2. The molecular formula is C38H45N3O6S. The Kier molecular flexibility index (Phi) is 12.2. The zero-order valence-electron chi connectivity index (χ0n) is 28.5. The van der Waals surface area contributed by atoms with Crippen LogP contribution in [0.1, 0.15) is 36.1 Å². The molecule has 0 fully saturated rings. The van der Waals surface area contributed by atoms with Gasteiger partial charge < -0.3 is 19.7 Å². The van der Waals surface area contributed by atoms with Crippen molar-refractivity contribution in [3.05, 3.63) is 119 Å². The van der Waals surface area contributed by atoms with Crippen molar-refractivity contribution in [3.63, 3.8) is 0 Å². The Morgan fingerprint density at radius 3 is 2.10 bits per heavy atom. The molecule has 1 atom stereocenters. The van der Waals surface area contributed by atoms with Crippen LogP contribution in [0, 0.1) is 19.8 Å². The molecule has 0 saturated carbocycles. The fourth-order valence-electron chi connectivity index (χ4n) is 5.29. The number of rotatable bonds is 15. The first-order valence-electron chi connectivity index (χ1n) is 15.9. The predicted octanol–water partition coefficient (Wildman–Crippen LogP) is 5.93. The third kappa shape index (κ3) is 9.16. The Balaban J connectivity index is 1.86. The van der Waals surface area contributed by atoms with Gasteiger partial charge in [-0.1, -0.05) is 80.1 Å². The molecule has 0 saturated heterocycles. The summed E-state index contributed by atoms with van der Waals surface area (Å²) < 4.78 is 40.9. The lowest BCUT2D eigenvalue weighted by atomic mass is 10.0. The van der Waals surface area contributed by atoms with Crippen molar-refractivity contribution in [2.24, 2.45) is 5.92 Å². The number of methoxy groups -OCH3 is 2. The Labute approximate surface area is 284 Å². The van der Waals surface area contributed by atoms with Gasteiger partial charge in [-0.25, -0.2) is 8.42 Å². The maximum atomic E-state index is 14.7. The van der Waals surface area contributed by atoms with Gasteiger partial charge in [-0.05, 0) is 72.9 Å². The molecule has 0 unspecified atom stereocenters. The minimum Gasteiger partial charge on any atom is -0.497 e. The van der Waals surface area contributed by atoms with E-state index in [1.54, 1.807) is 43.5 Å². The van der Waals surface area contributed by atoms with Gasteiger partial charge in [0.2, 0.25) is 11.8 Å². The topological polar surface area (TPSA) is 105 Å². The van der Waals surface area contributed by atoms with Crippen LogP contribution in [-0.4, -0.2) is 58.5 Å². The average molecular weight is 672 g/mol. The summed E-state index contributed by atoms with van der Waals surface area (Å²) in [6, 6.07) is 27.4. The van der Waals surface area contributed by atoms with Crippen molar-refractivity contribution in [2.75, 3.05) is 31.6 Å². The number of amides is 2. The monoisotopic (exact) mass is 671 g/mol. The lowest BCUT2D eigenvalue weighted by Gasteiger charge is -2.34. The zero-order chi connectivity index (χ0) is 34.8. The van der Waals surface area contributed by atoms with E-state index in [1.807, 2.05) is 76.2 Å². The number of nitrogens with zero attached hydrogens (tertiary/aromatic N) is 2. The van der Waals surface area contributed by atoms with E-state index in [2.05, 4.69) is 5.32 Å². The number of ether oxygens (including phenoxy) is 2. The third-order valence-corrected chi connectivity index (χ3v) is 9.71. The van der Waals surface area contributed by atoms with Crippen molar-refractivity contribution < 1.29 is 27.5 Å². The second-order valence-corrected chi connectivity index (χ2v) is 14.1. The van der Waals surface area contributed by atoms with E-state index < -0.39 is 28.5 Å². The molecular weight excluding hydrogens is 627 g/mol. The molecule has 1 N–H and O–H groups in total. The molecule has 254 valence electrons. The summed E-state index contributed by atoms with van der Waals surface area (Å²) in [6.45, 7) is 7.57. The van der Waals surface area contributed by atoms with Gasteiger partial charge in [0.25, 0.3) is 10.0 Å². The van der Waals surface area contributed by atoms with E-state index in [9.17, 15) is 18.0 Å². The standard InChI is InChI=1S/C38H45N3O6S/c1-27(2)24-39-38(43)35(23-30-11-8-7-9-12-30)40(25-31-13-10-14-32(22-31)46-5)37(42)26-41(34-21-29(4)17-20-36(34)47-6)48(44,45)33-18-15-28(3)16-19-33/h7-22,27,35H,23-26H2,1-6H3,(H,39,43)/t35-/m0/s1. The molecule has 0 aromatic heterocycles. The number of hydrogen-bond donors (Lipinski definition) is 1. The van der Waals surface area contributed by atoms with Gasteiger partial charge >= 0.3 is 0 Å². The Hall–Kier alpha value is -4.83. The molecule has 0 bridgehead atoms. The Bertz CT molecular complexity index is 1790. The molecule has 0 aliphatic heterocycles. The van der Waals surface area contributed by atoms with Crippen LogP contribution in [0.4, 0.5) is 5.69 Å². The second-order valence-electron chi connectivity index (χ2n) is 12.2. The van der Waals surface area contributed by atoms with Crippen molar-refractivity contribution in [1.29, 1.82) is 0 Å². The quantitative estimate of drug-likeness (QED) is 0.168. The van der Waals surface area contributed by atoms with E-state index in [-0.39, 0.29) is 35.4 Å². The molecule has 48 heavy (non-hydrogen) atoms. The molecule has 4 rings (SSSR count). The van der Waals surface area contributed by atoms with Crippen LogP contribution in [0.3, 0.4) is 0 Å². The van der Waals surface area contributed by atoms with E-state index in [4.69, 9.17) is 9.47 Å². The normalized spacial score (nSPS) is 11.9. The summed E-state index contributed by atoms with van der Waals surface area (Å²) in [5.74, 6) is 0.177. The fraction of sp³-hybridized carbons (Fsp3) is 0.316. The summed E-state index contributed by atoms with van der Waals surface area (Å²) in [5.41, 5.74) is 3.47. The number of nitrogens with one attached hydrogen (secondary N) is 1. The molecule has 4 aromatic rings. The number of carbonyl (C=O) groups excluding carboxylic acids is 2. The first kappa shape index (κ1) is 36.0. The molecule has 0 spiro atoms. The summed E-state index contributed by atoms with van der Waals surface area (Å²) >= 11 is 0. The van der Waals surface area contributed by atoms with Crippen LogP contribution in [-0.2, 0) is 32.6 Å². The maximum absolute atomic E-state index is 14.7. The molecule has 4 aromatic carbocycles. The van der Waals surface area contributed by atoms with Gasteiger partial charge in [-0.15, -0.1) is 0 Å². The van der Waals surface area contributed by atoms with E-state index in [0.717, 1.165) is 26.6 Å². The number of sulfonamides is 1. The highest BCUT2D eigenvalue weighted by atomic mass is 32.2. The van der Waals surface area contributed by atoms with Gasteiger partial charge in [0, 0.05) is 19.5 Å². The SMILES string of the molecule is COc1cccc(CN(C(=O)CN(c2cc(C)ccc2OC)S(=O)(=O)c2ccc(C)cc2)[C@@H](Cc2ccccc2)C(=O)NCC(C)C)c1. The lowest BCUT2D eigenvalue weighted by molar-refractivity contribution is -0.140. The van der Waals surface area contributed by atoms with Gasteiger partial charge in [-0.3, -0.25) is 13.9 Å². The van der Waals surface area contributed by atoms with Crippen LogP contribution in [0.25, 0.3) is 0 Å². The fourth-order valence-corrected chi connectivity index (χ4v) is 6.71. The van der Waals surface area contributed by atoms with Crippen LogP contribution in [0.15, 0.2) is 102 Å². The maximum Gasteiger partial charge on any atom is 0.264 e. The molecule has 0 aliphatic rings. The first-order chi connectivity index (χ1) is 22.9. The van der Waals surface area contributed by atoms with Crippen LogP contribution in [0.2, 0.25) is 0 Å². The third-order valence-electron chi connectivity index (χ3n) is 7.93. The number of hydrogen-bond acceptors (Lipinski definition) is 6. The number of anilines is 1. The lowest BCUT2D eigenvalue weighted by Crippen LogP contribution is -2.53. The van der Waals surface area contributed by atoms with Crippen molar-refractivity contribution in [1.82, 2.24) is 10.2 Å². The molecule has 0 heterocycles.